The number of ether oxygens (including phenoxy) is 1. The normalized spacial score (nSPS) is 9.68. The van der Waals surface area contributed by atoms with Gasteiger partial charge in [-0.05, 0) is 32.0 Å². The van der Waals surface area contributed by atoms with Crippen LogP contribution >= 0.6 is 12.4 Å². The molecule has 0 atom stereocenters. The van der Waals surface area contributed by atoms with Crippen LogP contribution in [0.4, 0.5) is 0 Å². The number of benzene rings is 1. The number of rotatable bonds is 6. The third kappa shape index (κ3) is 5.25. The lowest BCUT2D eigenvalue weighted by molar-refractivity contribution is -0.763. The van der Waals surface area contributed by atoms with Gasteiger partial charge in [-0.25, -0.2) is 4.79 Å². The Kier molecular flexibility index (Phi) is 7.01. The Morgan fingerprint density at radius 1 is 1.16 bits per heavy atom. The maximum atomic E-state index is 12.3. The first-order valence-electron chi connectivity index (χ1n) is 6.94. The molecule has 0 fully saturated rings. The van der Waals surface area contributed by atoms with Gasteiger partial charge in [0, 0.05) is 5.56 Å². The van der Waals surface area contributed by atoms with Gasteiger partial charge in [0.25, 0.3) is 5.09 Å². The van der Waals surface area contributed by atoms with Gasteiger partial charge >= 0.3 is 5.97 Å². The molecule has 8 nitrogen and oxygen atoms in total. The summed E-state index contributed by atoms with van der Waals surface area (Å²) in [5.41, 5.74) is 1.12. The summed E-state index contributed by atoms with van der Waals surface area (Å²) in [5, 5.41) is 9.26. The van der Waals surface area contributed by atoms with Crippen LogP contribution in [0, 0.1) is 17.0 Å². The number of esters is 1. The van der Waals surface area contributed by atoms with E-state index in [0.29, 0.717) is 11.4 Å². The summed E-state index contributed by atoms with van der Waals surface area (Å²) in [6.07, 6.45) is 0. The fraction of sp³-hybridized carbons (Fsp3) is 0.188. The quantitative estimate of drug-likeness (QED) is 0.334. The van der Waals surface area contributed by atoms with Crippen LogP contribution in [0.25, 0.3) is 0 Å². The average Bonchev–Trinajstić information content (AvgIpc) is 2.55. The second kappa shape index (κ2) is 8.74. The molecule has 0 aliphatic rings. The van der Waals surface area contributed by atoms with Gasteiger partial charge in [0.15, 0.2) is 11.5 Å². The average molecular weight is 367 g/mol. The smallest absolute Gasteiger partial charge is 0.344 e. The van der Waals surface area contributed by atoms with E-state index < -0.39 is 11.1 Å². The molecule has 0 radical (unpaired) electrons. The van der Waals surface area contributed by atoms with Gasteiger partial charge < -0.3 is 9.57 Å². The molecule has 2 aromatic rings. The highest BCUT2D eigenvalue weighted by atomic mass is 35.5. The van der Waals surface area contributed by atoms with Crippen molar-refractivity contribution in [3.05, 3.63) is 69.0 Å². The first-order valence-corrected chi connectivity index (χ1v) is 6.94. The molecule has 132 valence electrons. The van der Waals surface area contributed by atoms with Crippen molar-refractivity contribution < 1.29 is 24.3 Å². The van der Waals surface area contributed by atoms with E-state index in [4.69, 9.17) is 4.74 Å². The molecule has 0 amide bonds. The number of carbonyl (C=O) groups excluding carboxylic acids is 2. The largest absolute Gasteiger partial charge is 0.421 e. The number of ketones is 1. The molecule has 0 saturated heterocycles. The van der Waals surface area contributed by atoms with Crippen molar-refractivity contribution in [2.45, 2.75) is 20.5 Å². The monoisotopic (exact) mass is 366 g/mol. The Morgan fingerprint density at radius 2 is 1.80 bits per heavy atom. The number of aromatic nitrogens is 1. The lowest BCUT2D eigenvalue weighted by Crippen LogP contribution is -2.14. The molecule has 0 aliphatic carbocycles. The van der Waals surface area contributed by atoms with Crippen molar-refractivity contribution in [1.29, 1.82) is 0 Å². The van der Waals surface area contributed by atoms with Gasteiger partial charge in [-0.1, -0.05) is 18.2 Å². The molecule has 0 spiro atoms. The number of hydrogen-bond donors (Lipinski definition) is 0. The molecule has 1 heterocycles. The SMILES string of the molecule is CC(=O)c1ccccc1C(=O)Oc1ccc(CO[N+](=O)[O-])nc1C.Cl. The molecule has 0 saturated carbocycles. The Morgan fingerprint density at radius 3 is 2.36 bits per heavy atom. The number of pyridine rings is 1. The first-order chi connectivity index (χ1) is 11.4. The number of Topliss-reactive ketones (excluding diaryl/α,β-unsaturated/α-hetero) is 1. The second-order valence-electron chi connectivity index (χ2n) is 4.87. The summed E-state index contributed by atoms with van der Waals surface area (Å²) in [4.78, 5) is 42.3. The van der Waals surface area contributed by atoms with E-state index in [2.05, 4.69) is 9.82 Å². The molecule has 0 unspecified atom stereocenters. The van der Waals surface area contributed by atoms with Gasteiger partial charge in [-0.2, -0.15) is 0 Å². The number of aryl methyl sites for hydroxylation is 1. The topological polar surface area (TPSA) is 109 Å². The Labute approximate surface area is 149 Å². The zero-order valence-corrected chi connectivity index (χ0v) is 14.2. The van der Waals surface area contributed by atoms with Crippen LogP contribution in [-0.4, -0.2) is 21.8 Å². The lowest BCUT2D eigenvalue weighted by Gasteiger charge is -2.10. The minimum absolute atomic E-state index is 0. The fourth-order valence-corrected chi connectivity index (χ4v) is 2.03. The van der Waals surface area contributed by atoms with Gasteiger partial charge in [0.2, 0.25) is 0 Å². The van der Waals surface area contributed by atoms with E-state index in [1.54, 1.807) is 25.1 Å². The van der Waals surface area contributed by atoms with Gasteiger partial charge in [-0.3, -0.25) is 9.78 Å². The second-order valence-corrected chi connectivity index (χ2v) is 4.87. The van der Waals surface area contributed by atoms with Crippen molar-refractivity contribution in [2.24, 2.45) is 0 Å². The molecule has 25 heavy (non-hydrogen) atoms. The van der Waals surface area contributed by atoms with Gasteiger partial charge in [-0.15, -0.1) is 22.5 Å². The van der Waals surface area contributed by atoms with Crippen LogP contribution in [-0.2, 0) is 11.4 Å². The van der Waals surface area contributed by atoms with E-state index in [9.17, 15) is 19.7 Å². The molecule has 0 N–H and O–H groups in total. The molecular weight excluding hydrogens is 352 g/mol. The predicted octanol–water partition coefficient (Wildman–Crippen LogP) is 2.94. The van der Waals surface area contributed by atoms with Crippen molar-refractivity contribution in [3.8, 4) is 5.75 Å². The molecule has 0 aliphatic heterocycles. The van der Waals surface area contributed by atoms with Crippen LogP contribution in [0.15, 0.2) is 36.4 Å². The summed E-state index contributed by atoms with van der Waals surface area (Å²) >= 11 is 0. The van der Waals surface area contributed by atoms with Crippen molar-refractivity contribution in [2.75, 3.05) is 0 Å². The summed E-state index contributed by atoms with van der Waals surface area (Å²) < 4.78 is 5.27. The van der Waals surface area contributed by atoms with Crippen molar-refractivity contribution in [3.63, 3.8) is 0 Å². The summed E-state index contributed by atoms with van der Waals surface area (Å²) in [5.74, 6) is -0.729. The Bertz CT molecular complexity index is 809. The number of carbonyl (C=O) groups is 2. The van der Waals surface area contributed by atoms with E-state index in [1.807, 2.05) is 0 Å². The number of nitrogens with zero attached hydrogens (tertiary/aromatic N) is 2. The Balaban J connectivity index is 0.00000312. The van der Waals surface area contributed by atoms with E-state index in [-0.39, 0.29) is 41.7 Å². The van der Waals surface area contributed by atoms with Crippen LogP contribution in [0.1, 0.15) is 39.0 Å². The van der Waals surface area contributed by atoms with Gasteiger partial charge in [0.1, 0.15) is 6.61 Å². The van der Waals surface area contributed by atoms with Crippen LogP contribution < -0.4 is 4.74 Å². The minimum Gasteiger partial charge on any atom is -0.421 e. The molecule has 1 aromatic heterocycles. The summed E-state index contributed by atoms with van der Waals surface area (Å²) in [6, 6.07) is 9.26. The van der Waals surface area contributed by atoms with E-state index >= 15 is 0 Å². The third-order valence-corrected chi connectivity index (χ3v) is 3.14. The van der Waals surface area contributed by atoms with E-state index in [1.165, 1.54) is 25.1 Å². The van der Waals surface area contributed by atoms with E-state index in [0.717, 1.165) is 0 Å². The van der Waals surface area contributed by atoms with Crippen molar-refractivity contribution >= 4 is 24.2 Å². The lowest BCUT2D eigenvalue weighted by atomic mass is 10.0. The zero-order chi connectivity index (χ0) is 17.7. The predicted molar refractivity (Wildman–Crippen MR) is 89.4 cm³/mol. The zero-order valence-electron chi connectivity index (χ0n) is 13.4. The standard InChI is InChI=1S/C16H14N2O6.ClH/c1-10-15(8-7-12(17-10)9-23-18(21)22)24-16(20)14-6-4-3-5-13(14)11(2)19;/h3-8H,9H2,1-2H3;1H. The first kappa shape index (κ1) is 20.0. The number of halogens is 1. The third-order valence-electron chi connectivity index (χ3n) is 3.14. The van der Waals surface area contributed by atoms with Crippen molar-refractivity contribution in [1.82, 2.24) is 4.98 Å². The minimum atomic E-state index is -0.913. The number of hydrogen-bond acceptors (Lipinski definition) is 7. The summed E-state index contributed by atoms with van der Waals surface area (Å²) in [7, 11) is 0. The molecule has 1 aromatic carbocycles. The highest BCUT2D eigenvalue weighted by Crippen LogP contribution is 2.19. The van der Waals surface area contributed by atoms with Crippen LogP contribution in [0.5, 0.6) is 5.75 Å². The fourth-order valence-electron chi connectivity index (χ4n) is 2.03. The van der Waals surface area contributed by atoms with Gasteiger partial charge in [0.05, 0.1) is 17.0 Å². The highest BCUT2D eigenvalue weighted by molar-refractivity contribution is 6.05. The maximum Gasteiger partial charge on any atom is 0.344 e. The van der Waals surface area contributed by atoms with Crippen LogP contribution in [0.2, 0.25) is 0 Å². The molecular formula is C16H15ClN2O6. The maximum absolute atomic E-state index is 12.3. The molecule has 0 bridgehead atoms. The van der Waals surface area contributed by atoms with Crippen LogP contribution in [0.3, 0.4) is 0 Å². The molecule has 2 rings (SSSR count). The Hall–Kier alpha value is -3.00. The highest BCUT2D eigenvalue weighted by Gasteiger charge is 2.17. The molecule has 9 heteroatoms. The summed E-state index contributed by atoms with van der Waals surface area (Å²) in [6.45, 7) is 2.66.